The van der Waals surface area contributed by atoms with E-state index >= 15 is 0 Å². The lowest BCUT2D eigenvalue weighted by Crippen LogP contribution is -2.50. The summed E-state index contributed by atoms with van der Waals surface area (Å²) >= 11 is 6.08. The highest BCUT2D eigenvalue weighted by Crippen LogP contribution is 2.30. The van der Waals surface area contributed by atoms with Crippen molar-refractivity contribution in [1.82, 2.24) is 4.90 Å². The standard InChI is InChI=1S/C19H19ClFN3O2/c1-12(23(2)10-13-14(20)6-5-7-15(13)21)19(26)24-11-18(25)22-16-8-3-4-9-17(16)24/h3-9,12H,10-11H2,1-2H3,(H,22,25)/t12-/m0/s1. The van der Waals surface area contributed by atoms with Crippen molar-refractivity contribution in [3.05, 3.63) is 58.9 Å². The molecule has 2 amide bonds. The summed E-state index contributed by atoms with van der Waals surface area (Å²) in [7, 11) is 1.72. The lowest BCUT2D eigenvalue weighted by molar-refractivity contribution is -0.125. The van der Waals surface area contributed by atoms with E-state index in [0.29, 0.717) is 22.0 Å². The Kier molecular flexibility index (Phi) is 5.25. The summed E-state index contributed by atoms with van der Waals surface area (Å²) < 4.78 is 14.0. The number of hydrogen-bond acceptors (Lipinski definition) is 3. The maximum absolute atomic E-state index is 14.0. The molecule has 0 radical (unpaired) electrons. The van der Waals surface area contributed by atoms with E-state index in [1.807, 2.05) is 6.07 Å². The molecule has 0 spiro atoms. The summed E-state index contributed by atoms with van der Waals surface area (Å²) in [5.41, 5.74) is 1.60. The van der Waals surface area contributed by atoms with Gasteiger partial charge in [0, 0.05) is 17.1 Å². The minimum Gasteiger partial charge on any atom is -0.323 e. The van der Waals surface area contributed by atoms with E-state index in [1.165, 1.54) is 11.0 Å². The SMILES string of the molecule is C[C@@H](C(=O)N1CC(=O)Nc2ccccc21)N(C)Cc1c(F)cccc1Cl. The topological polar surface area (TPSA) is 52.7 Å². The molecule has 0 aromatic heterocycles. The van der Waals surface area contributed by atoms with Crippen molar-refractivity contribution < 1.29 is 14.0 Å². The van der Waals surface area contributed by atoms with E-state index in [4.69, 9.17) is 11.6 Å². The summed E-state index contributed by atoms with van der Waals surface area (Å²) in [5.74, 6) is -0.891. The van der Waals surface area contributed by atoms with Crippen LogP contribution < -0.4 is 10.2 Å². The van der Waals surface area contributed by atoms with Gasteiger partial charge in [-0.05, 0) is 38.2 Å². The molecule has 2 aromatic carbocycles. The zero-order chi connectivity index (χ0) is 18.8. The molecule has 7 heteroatoms. The Balaban J connectivity index is 1.80. The number of carbonyl (C=O) groups excluding carboxylic acids is 2. The number of rotatable bonds is 4. The van der Waals surface area contributed by atoms with Gasteiger partial charge in [0.15, 0.2) is 0 Å². The number of anilines is 2. The quantitative estimate of drug-likeness (QED) is 0.892. The van der Waals surface area contributed by atoms with Gasteiger partial charge in [-0.1, -0.05) is 29.8 Å². The van der Waals surface area contributed by atoms with Crippen LogP contribution in [0, 0.1) is 5.82 Å². The lowest BCUT2D eigenvalue weighted by Gasteiger charge is -2.33. The van der Waals surface area contributed by atoms with Gasteiger partial charge in [-0.15, -0.1) is 0 Å². The van der Waals surface area contributed by atoms with Crippen LogP contribution in [-0.2, 0) is 16.1 Å². The average molecular weight is 376 g/mol. The van der Waals surface area contributed by atoms with E-state index < -0.39 is 11.9 Å². The molecular formula is C19H19ClFN3O2. The Bertz CT molecular complexity index is 838. The molecule has 5 nitrogen and oxygen atoms in total. The van der Waals surface area contributed by atoms with Crippen LogP contribution in [0.15, 0.2) is 42.5 Å². The van der Waals surface area contributed by atoms with Crippen LogP contribution in [-0.4, -0.2) is 36.3 Å². The fraction of sp³-hybridized carbons (Fsp3) is 0.263. The number of halogens is 2. The third-order valence-corrected chi connectivity index (χ3v) is 4.88. The molecule has 0 saturated heterocycles. The molecule has 0 saturated carbocycles. The molecule has 1 aliphatic rings. The van der Waals surface area contributed by atoms with Crippen molar-refractivity contribution in [3.63, 3.8) is 0 Å². The smallest absolute Gasteiger partial charge is 0.244 e. The zero-order valence-electron chi connectivity index (χ0n) is 14.5. The molecule has 0 unspecified atom stereocenters. The summed E-state index contributed by atoms with van der Waals surface area (Å²) in [6.07, 6.45) is 0. The number of nitrogens with one attached hydrogen (secondary N) is 1. The third-order valence-electron chi connectivity index (χ3n) is 4.52. The Morgan fingerprint density at radius 1 is 1.31 bits per heavy atom. The fourth-order valence-electron chi connectivity index (χ4n) is 2.91. The monoisotopic (exact) mass is 375 g/mol. The average Bonchev–Trinajstić information content (AvgIpc) is 2.62. The molecule has 1 aliphatic heterocycles. The first-order valence-corrected chi connectivity index (χ1v) is 8.59. The predicted molar refractivity (Wildman–Crippen MR) is 99.8 cm³/mol. The molecule has 136 valence electrons. The van der Waals surface area contributed by atoms with Gasteiger partial charge >= 0.3 is 0 Å². The summed E-state index contributed by atoms with van der Waals surface area (Å²) in [5, 5.41) is 3.07. The molecule has 2 aromatic rings. The van der Waals surface area contributed by atoms with E-state index in [-0.39, 0.29) is 24.9 Å². The first-order chi connectivity index (χ1) is 12.4. The molecule has 26 heavy (non-hydrogen) atoms. The van der Waals surface area contributed by atoms with Crippen LogP contribution in [0.1, 0.15) is 12.5 Å². The molecule has 1 atom stereocenters. The lowest BCUT2D eigenvalue weighted by atomic mass is 10.1. The van der Waals surface area contributed by atoms with Crippen LogP contribution in [0.25, 0.3) is 0 Å². The highest BCUT2D eigenvalue weighted by Gasteiger charge is 2.31. The Hall–Kier alpha value is -2.44. The number of para-hydroxylation sites is 2. The maximum atomic E-state index is 14.0. The first-order valence-electron chi connectivity index (χ1n) is 8.22. The molecule has 1 N–H and O–H groups in total. The van der Waals surface area contributed by atoms with Crippen LogP contribution in [0.3, 0.4) is 0 Å². The Morgan fingerprint density at radius 2 is 2.04 bits per heavy atom. The summed E-state index contributed by atoms with van der Waals surface area (Å²) in [6, 6.07) is 11.1. The number of hydrogen-bond donors (Lipinski definition) is 1. The molecule has 0 aliphatic carbocycles. The van der Waals surface area contributed by atoms with Gasteiger partial charge in [0.05, 0.1) is 17.4 Å². The van der Waals surface area contributed by atoms with Crippen LogP contribution in [0.4, 0.5) is 15.8 Å². The second-order valence-corrected chi connectivity index (χ2v) is 6.69. The van der Waals surface area contributed by atoms with Gasteiger partial charge < -0.3 is 5.32 Å². The van der Waals surface area contributed by atoms with Crippen molar-refractivity contribution in [2.75, 3.05) is 23.8 Å². The van der Waals surface area contributed by atoms with Crippen molar-refractivity contribution in [1.29, 1.82) is 0 Å². The van der Waals surface area contributed by atoms with Crippen molar-refractivity contribution in [2.45, 2.75) is 19.5 Å². The maximum Gasteiger partial charge on any atom is 0.244 e. The van der Waals surface area contributed by atoms with Crippen molar-refractivity contribution >= 4 is 34.8 Å². The van der Waals surface area contributed by atoms with E-state index in [0.717, 1.165) is 0 Å². The predicted octanol–water partition coefficient (Wildman–Crippen LogP) is 3.28. The van der Waals surface area contributed by atoms with E-state index in [9.17, 15) is 14.0 Å². The van der Waals surface area contributed by atoms with Gasteiger partial charge in [0.25, 0.3) is 0 Å². The van der Waals surface area contributed by atoms with Gasteiger partial charge in [-0.25, -0.2) is 4.39 Å². The Morgan fingerprint density at radius 3 is 2.77 bits per heavy atom. The number of carbonyl (C=O) groups is 2. The normalized spacial score (nSPS) is 14.8. The fourth-order valence-corrected chi connectivity index (χ4v) is 3.14. The molecule has 1 heterocycles. The van der Waals surface area contributed by atoms with Crippen LogP contribution in [0.2, 0.25) is 5.02 Å². The second-order valence-electron chi connectivity index (χ2n) is 6.28. The molecular weight excluding hydrogens is 357 g/mol. The van der Waals surface area contributed by atoms with Gasteiger partial charge in [-0.2, -0.15) is 0 Å². The van der Waals surface area contributed by atoms with Crippen molar-refractivity contribution in [2.24, 2.45) is 0 Å². The minimum absolute atomic E-state index is 0.0471. The number of amides is 2. The molecule has 0 fully saturated rings. The van der Waals surface area contributed by atoms with E-state index in [1.54, 1.807) is 49.2 Å². The van der Waals surface area contributed by atoms with Gasteiger partial charge in [0.2, 0.25) is 11.8 Å². The van der Waals surface area contributed by atoms with Crippen molar-refractivity contribution in [3.8, 4) is 0 Å². The summed E-state index contributed by atoms with van der Waals surface area (Å²) in [6.45, 7) is 1.86. The molecule has 3 rings (SSSR count). The molecule has 0 bridgehead atoms. The largest absolute Gasteiger partial charge is 0.323 e. The number of nitrogens with zero attached hydrogens (tertiary/aromatic N) is 2. The number of benzene rings is 2. The first kappa shape index (κ1) is 18.4. The second kappa shape index (κ2) is 7.43. The Labute approximate surface area is 156 Å². The van der Waals surface area contributed by atoms with Gasteiger partial charge in [-0.3, -0.25) is 19.4 Å². The van der Waals surface area contributed by atoms with Crippen LogP contribution in [0.5, 0.6) is 0 Å². The van der Waals surface area contributed by atoms with Crippen LogP contribution >= 0.6 is 11.6 Å². The number of fused-ring (bicyclic) bond motifs is 1. The highest BCUT2D eigenvalue weighted by molar-refractivity contribution is 6.31. The van der Waals surface area contributed by atoms with E-state index in [2.05, 4.69) is 5.32 Å². The third kappa shape index (κ3) is 3.57. The minimum atomic E-state index is -0.565. The summed E-state index contributed by atoms with van der Waals surface area (Å²) in [4.78, 5) is 28.1. The highest BCUT2D eigenvalue weighted by atomic mass is 35.5. The zero-order valence-corrected chi connectivity index (χ0v) is 15.3. The van der Waals surface area contributed by atoms with Gasteiger partial charge in [0.1, 0.15) is 12.4 Å². The number of likely N-dealkylation sites (N-methyl/N-ethyl adjacent to an activating group) is 1.